The average Bonchev–Trinajstić information content (AvgIpc) is 3.48. The van der Waals surface area contributed by atoms with E-state index in [0.29, 0.717) is 41.6 Å². The Morgan fingerprint density at radius 1 is 1.22 bits per heavy atom. The van der Waals surface area contributed by atoms with Gasteiger partial charge in [-0.3, -0.25) is 9.59 Å². The van der Waals surface area contributed by atoms with Crippen LogP contribution in [0.2, 0.25) is 0 Å². The van der Waals surface area contributed by atoms with Crippen LogP contribution in [0.3, 0.4) is 0 Å². The highest BCUT2D eigenvalue weighted by Gasteiger charge is 2.34. The second-order valence-corrected chi connectivity index (χ2v) is 7.56. The summed E-state index contributed by atoms with van der Waals surface area (Å²) in [5, 5.41) is 2.87. The Morgan fingerprint density at radius 3 is 2.75 bits per heavy atom. The number of benzene rings is 2. The Bertz CT molecular complexity index is 1100. The van der Waals surface area contributed by atoms with Gasteiger partial charge in [-0.15, -0.1) is 0 Å². The Kier molecular flexibility index (Phi) is 6.49. The summed E-state index contributed by atoms with van der Waals surface area (Å²) in [5.41, 5.74) is 0.975. The molecule has 1 saturated heterocycles. The van der Waals surface area contributed by atoms with Crippen molar-refractivity contribution < 1.29 is 23.1 Å². The number of rotatable bonds is 7. The fraction of sp³-hybridized carbons (Fsp3) is 0.292. The highest BCUT2D eigenvalue weighted by molar-refractivity contribution is 5.97. The van der Waals surface area contributed by atoms with Gasteiger partial charge in [-0.2, -0.15) is 0 Å². The van der Waals surface area contributed by atoms with E-state index in [1.807, 2.05) is 0 Å². The lowest BCUT2D eigenvalue weighted by molar-refractivity contribution is -0.136. The highest BCUT2D eigenvalue weighted by atomic mass is 19.1. The number of ether oxygens (including phenoxy) is 1. The van der Waals surface area contributed by atoms with Gasteiger partial charge in [-0.1, -0.05) is 12.1 Å². The molecule has 0 bridgehead atoms. The zero-order chi connectivity index (χ0) is 22.5. The quantitative estimate of drug-likeness (QED) is 0.603. The lowest BCUT2D eigenvalue weighted by Gasteiger charge is -2.24. The first-order valence-corrected chi connectivity index (χ1v) is 10.5. The number of likely N-dealkylation sites (tertiary alicyclic amines) is 1. The van der Waals surface area contributed by atoms with Crippen molar-refractivity contribution in [2.24, 2.45) is 0 Å². The molecule has 2 amide bonds. The number of anilines is 1. The lowest BCUT2D eigenvalue weighted by Crippen LogP contribution is -2.43. The summed E-state index contributed by atoms with van der Waals surface area (Å²) in [4.78, 5) is 31.3. The zero-order valence-electron chi connectivity index (χ0n) is 17.7. The van der Waals surface area contributed by atoms with Crippen LogP contribution in [0.4, 0.5) is 10.1 Å². The van der Waals surface area contributed by atoms with E-state index in [1.54, 1.807) is 54.5 Å². The van der Waals surface area contributed by atoms with Crippen molar-refractivity contribution in [3.05, 3.63) is 66.4 Å². The molecule has 0 saturated carbocycles. The number of carbonyl (C=O) groups excluding carboxylic acids is 2. The number of carbonyl (C=O) groups is 2. The van der Waals surface area contributed by atoms with Gasteiger partial charge in [0.15, 0.2) is 11.7 Å². The molecule has 32 heavy (non-hydrogen) atoms. The van der Waals surface area contributed by atoms with Crippen molar-refractivity contribution in [2.75, 3.05) is 19.0 Å². The number of aryl methyl sites for hydroxylation is 1. The predicted molar refractivity (Wildman–Crippen MR) is 117 cm³/mol. The number of amides is 2. The molecule has 1 aliphatic heterocycles. The molecule has 4 rings (SSSR count). The van der Waals surface area contributed by atoms with Gasteiger partial charge in [-0.05, 0) is 49.2 Å². The Balaban J connectivity index is 1.34. The standard InChI is InChI=1S/C24H24FN3O4/c1-31-17-10-8-16(9-11-17)27-24(30)20-7-4-14-28(20)23(29)13-12-22-26-15-21(32-22)18-5-2-3-6-19(18)25/h2-3,5-6,8-11,15,20H,4,7,12-14H2,1H3,(H,27,30). The van der Waals surface area contributed by atoms with E-state index in [1.165, 1.54) is 12.3 Å². The summed E-state index contributed by atoms with van der Waals surface area (Å²) in [6, 6.07) is 12.8. The van der Waals surface area contributed by atoms with Crippen molar-refractivity contribution in [2.45, 2.75) is 31.7 Å². The molecular weight excluding hydrogens is 413 g/mol. The summed E-state index contributed by atoms with van der Waals surface area (Å²) in [5.74, 6) is 0.639. The van der Waals surface area contributed by atoms with E-state index in [0.717, 1.165) is 6.42 Å². The third kappa shape index (κ3) is 4.80. The third-order valence-electron chi connectivity index (χ3n) is 5.48. The lowest BCUT2D eigenvalue weighted by atomic mass is 10.2. The van der Waals surface area contributed by atoms with E-state index in [4.69, 9.17) is 9.15 Å². The zero-order valence-corrected chi connectivity index (χ0v) is 17.7. The summed E-state index contributed by atoms with van der Waals surface area (Å²) in [7, 11) is 1.58. The van der Waals surface area contributed by atoms with Crippen LogP contribution in [0.1, 0.15) is 25.2 Å². The number of hydrogen-bond acceptors (Lipinski definition) is 5. The molecule has 3 aromatic rings. The highest BCUT2D eigenvalue weighted by Crippen LogP contribution is 2.25. The summed E-state index contributed by atoms with van der Waals surface area (Å²) in [6.45, 7) is 0.533. The van der Waals surface area contributed by atoms with E-state index < -0.39 is 11.9 Å². The summed E-state index contributed by atoms with van der Waals surface area (Å²) >= 11 is 0. The number of oxazole rings is 1. The van der Waals surface area contributed by atoms with Gasteiger partial charge in [0.05, 0.1) is 18.9 Å². The van der Waals surface area contributed by atoms with Crippen LogP contribution in [0, 0.1) is 5.82 Å². The van der Waals surface area contributed by atoms with Crippen LogP contribution in [-0.2, 0) is 16.0 Å². The van der Waals surface area contributed by atoms with E-state index in [9.17, 15) is 14.0 Å². The van der Waals surface area contributed by atoms with Crippen molar-refractivity contribution in [3.63, 3.8) is 0 Å². The molecule has 1 aromatic heterocycles. The van der Waals surface area contributed by atoms with Gasteiger partial charge in [0.1, 0.15) is 17.6 Å². The molecule has 166 valence electrons. The van der Waals surface area contributed by atoms with E-state index in [-0.39, 0.29) is 24.7 Å². The molecule has 1 fully saturated rings. The van der Waals surface area contributed by atoms with Crippen LogP contribution in [0.25, 0.3) is 11.3 Å². The number of aromatic nitrogens is 1. The van der Waals surface area contributed by atoms with Crippen LogP contribution in [-0.4, -0.2) is 41.4 Å². The van der Waals surface area contributed by atoms with Gasteiger partial charge in [0.2, 0.25) is 11.8 Å². The van der Waals surface area contributed by atoms with Gasteiger partial charge < -0.3 is 19.4 Å². The minimum atomic E-state index is -0.511. The second-order valence-electron chi connectivity index (χ2n) is 7.56. The van der Waals surface area contributed by atoms with Crippen molar-refractivity contribution in [1.82, 2.24) is 9.88 Å². The number of hydrogen-bond donors (Lipinski definition) is 1. The number of nitrogens with zero attached hydrogens (tertiary/aromatic N) is 2. The molecule has 8 heteroatoms. The van der Waals surface area contributed by atoms with Crippen molar-refractivity contribution >= 4 is 17.5 Å². The maximum atomic E-state index is 13.9. The fourth-order valence-electron chi connectivity index (χ4n) is 3.81. The molecule has 2 heterocycles. The van der Waals surface area contributed by atoms with Crippen molar-refractivity contribution in [1.29, 1.82) is 0 Å². The number of halogens is 1. The maximum Gasteiger partial charge on any atom is 0.247 e. The van der Waals surface area contributed by atoms with Gasteiger partial charge in [-0.25, -0.2) is 9.37 Å². The minimum Gasteiger partial charge on any atom is -0.497 e. The number of nitrogens with one attached hydrogen (secondary N) is 1. The molecule has 1 atom stereocenters. The van der Waals surface area contributed by atoms with Crippen molar-refractivity contribution in [3.8, 4) is 17.1 Å². The van der Waals surface area contributed by atoms with Gasteiger partial charge >= 0.3 is 0 Å². The Labute approximate surface area is 185 Å². The summed E-state index contributed by atoms with van der Waals surface area (Å²) < 4.78 is 24.7. The molecule has 1 unspecified atom stereocenters. The minimum absolute atomic E-state index is 0.136. The first kappa shape index (κ1) is 21.5. The smallest absolute Gasteiger partial charge is 0.247 e. The van der Waals surface area contributed by atoms with E-state index in [2.05, 4.69) is 10.3 Å². The second kappa shape index (κ2) is 9.64. The number of methoxy groups -OCH3 is 1. The molecule has 2 aromatic carbocycles. The fourth-order valence-corrected chi connectivity index (χ4v) is 3.81. The molecule has 1 N–H and O–H groups in total. The predicted octanol–water partition coefficient (Wildman–Crippen LogP) is 4.05. The monoisotopic (exact) mass is 437 g/mol. The first-order valence-electron chi connectivity index (χ1n) is 10.5. The molecule has 0 radical (unpaired) electrons. The Morgan fingerprint density at radius 2 is 2.00 bits per heavy atom. The van der Waals surface area contributed by atoms with Gasteiger partial charge in [0, 0.05) is 25.1 Å². The van der Waals surface area contributed by atoms with Crippen LogP contribution < -0.4 is 10.1 Å². The van der Waals surface area contributed by atoms with Crippen LogP contribution in [0.5, 0.6) is 5.75 Å². The largest absolute Gasteiger partial charge is 0.497 e. The molecular formula is C24H24FN3O4. The normalized spacial score (nSPS) is 15.6. The van der Waals surface area contributed by atoms with Crippen LogP contribution >= 0.6 is 0 Å². The topological polar surface area (TPSA) is 84.7 Å². The average molecular weight is 437 g/mol. The Hall–Kier alpha value is -3.68. The maximum absolute atomic E-state index is 13.9. The molecule has 1 aliphatic rings. The van der Waals surface area contributed by atoms with Crippen LogP contribution in [0.15, 0.2) is 59.1 Å². The summed E-state index contributed by atoms with van der Waals surface area (Å²) in [6.07, 6.45) is 3.27. The van der Waals surface area contributed by atoms with Gasteiger partial charge in [0.25, 0.3) is 0 Å². The molecule has 0 spiro atoms. The molecule has 7 nitrogen and oxygen atoms in total. The van der Waals surface area contributed by atoms with E-state index >= 15 is 0 Å². The molecule has 0 aliphatic carbocycles. The SMILES string of the molecule is COc1ccc(NC(=O)C2CCCN2C(=O)CCc2ncc(-c3ccccc3F)o2)cc1. The first-order chi connectivity index (χ1) is 15.5. The third-order valence-corrected chi connectivity index (χ3v) is 5.48.